The molecule has 1 aromatic rings. The van der Waals surface area contributed by atoms with Crippen LogP contribution in [0.4, 0.5) is 5.69 Å². The van der Waals surface area contributed by atoms with Gasteiger partial charge in [0.2, 0.25) is 5.91 Å². The van der Waals surface area contributed by atoms with Crippen molar-refractivity contribution in [1.82, 2.24) is 0 Å². The van der Waals surface area contributed by atoms with Gasteiger partial charge < -0.3 is 15.8 Å². The molecule has 0 saturated carbocycles. The Hall–Kier alpha value is -1.55. The highest BCUT2D eigenvalue weighted by Gasteiger charge is 2.07. The Bertz CT molecular complexity index is 442. The van der Waals surface area contributed by atoms with Gasteiger partial charge in [0.1, 0.15) is 5.75 Å². The third-order valence-corrected chi connectivity index (χ3v) is 2.91. The van der Waals surface area contributed by atoms with Crippen molar-refractivity contribution in [2.24, 2.45) is 5.73 Å². The number of hydrogen-bond donors (Lipinski definition) is 2. The summed E-state index contributed by atoms with van der Waals surface area (Å²) in [4.78, 5) is 11.8. The average molecular weight is 278 g/mol. The zero-order valence-corrected chi connectivity index (χ0v) is 12.9. The van der Waals surface area contributed by atoms with Crippen molar-refractivity contribution >= 4 is 11.6 Å². The Morgan fingerprint density at radius 1 is 1.35 bits per heavy atom. The Balaban J connectivity index is 2.53. The molecule has 0 saturated heterocycles. The molecule has 0 bridgehead atoms. The SMILES string of the molecule is Cc1cc(OC(C)C)ccc1NC(=O)CCCC(C)N. The van der Waals surface area contributed by atoms with Gasteiger partial charge in [-0.1, -0.05) is 0 Å². The third-order valence-electron chi connectivity index (χ3n) is 2.91. The van der Waals surface area contributed by atoms with E-state index in [0.717, 1.165) is 29.8 Å². The van der Waals surface area contributed by atoms with Gasteiger partial charge in [0.05, 0.1) is 6.10 Å². The summed E-state index contributed by atoms with van der Waals surface area (Å²) >= 11 is 0. The molecule has 0 aromatic heterocycles. The van der Waals surface area contributed by atoms with Crippen molar-refractivity contribution in [2.45, 2.75) is 59.1 Å². The summed E-state index contributed by atoms with van der Waals surface area (Å²) in [5.74, 6) is 0.860. The number of aryl methyl sites for hydroxylation is 1. The third kappa shape index (κ3) is 6.06. The van der Waals surface area contributed by atoms with Crippen molar-refractivity contribution < 1.29 is 9.53 Å². The summed E-state index contributed by atoms with van der Waals surface area (Å²) in [5.41, 5.74) is 7.51. The second kappa shape index (κ2) is 7.90. The number of rotatable bonds is 7. The second-order valence-corrected chi connectivity index (χ2v) is 5.56. The number of carbonyl (C=O) groups excluding carboxylic acids is 1. The lowest BCUT2D eigenvalue weighted by atomic mass is 10.1. The number of benzene rings is 1. The van der Waals surface area contributed by atoms with E-state index in [9.17, 15) is 4.79 Å². The molecule has 1 amide bonds. The average Bonchev–Trinajstić information content (AvgIpc) is 2.31. The van der Waals surface area contributed by atoms with Gasteiger partial charge >= 0.3 is 0 Å². The van der Waals surface area contributed by atoms with Crippen LogP contribution in [0.5, 0.6) is 5.75 Å². The first-order valence-corrected chi connectivity index (χ1v) is 7.21. The minimum atomic E-state index is 0.0336. The highest BCUT2D eigenvalue weighted by atomic mass is 16.5. The number of amides is 1. The first-order valence-electron chi connectivity index (χ1n) is 7.21. The maximum absolute atomic E-state index is 11.8. The summed E-state index contributed by atoms with van der Waals surface area (Å²) in [5, 5.41) is 2.93. The van der Waals surface area contributed by atoms with E-state index in [2.05, 4.69) is 5.32 Å². The summed E-state index contributed by atoms with van der Waals surface area (Å²) in [6, 6.07) is 5.86. The van der Waals surface area contributed by atoms with E-state index in [1.807, 2.05) is 45.9 Å². The Kier molecular flexibility index (Phi) is 6.52. The minimum Gasteiger partial charge on any atom is -0.491 e. The summed E-state index contributed by atoms with van der Waals surface area (Å²) in [6.07, 6.45) is 2.34. The molecule has 1 unspecified atom stereocenters. The first kappa shape index (κ1) is 16.5. The minimum absolute atomic E-state index is 0.0336. The molecule has 0 aliphatic rings. The fourth-order valence-corrected chi connectivity index (χ4v) is 1.92. The molecule has 1 atom stereocenters. The number of carbonyl (C=O) groups is 1. The van der Waals surface area contributed by atoms with Crippen molar-refractivity contribution in [3.05, 3.63) is 23.8 Å². The molecule has 0 heterocycles. The number of anilines is 1. The van der Waals surface area contributed by atoms with Crippen molar-refractivity contribution in [2.75, 3.05) is 5.32 Å². The van der Waals surface area contributed by atoms with Gasteiger partial charge in [-0.2, -0.15) is 0 Å². The number of nitrogens with one attached hydrogen (secondary N) is 1. The molecule has 0 aliphatic carbocycles. The van der Waals surface area contributed by atoms with Gasteiger partial charge in [-0.05, 0) is 64.3 Å². The molecule has 0 aliphatic heterocycles. The van der Waals surface area contributed by atoms with Crippen LogP contribution >= 0.6 is 0 Å². The lowest BCUT2D eigenvalue weighted by molar-refractivity contribution is -0.116. The fourth-order valence-electron chi connectivity index (χ4n) is 1.92. The predicted molar refractivity (Wildman–Crippen MR) is 83.1 cm³/mol. The van der Waals surface area contributed by atoms with E-state index >= 15 is 0 Å². The highest BCUT2D eigenvalue weighted by molar-refractivity contribution is 5.91. The zero-order valence-electron chi connectivity index (χ0n) is 12.9. The van der Waals surface area contributed by atoms with Gasteiger partial charge in [-0.3, -0.25) is 4.79 Å². The van der Waals surface area contributed by atoms with Gasteiger partial charge in [0.25, 0.3) is 0 Å². The topological polar surface area (TPSA) is 64.3 Å². The van der Waals surface area contributed by atoms with E-state index < -0.39 is 0 Å². The normalized spacial score (nSPS) is 12.3. The van der Waals surface area contributed by atoms with Crippen LogP contribution in [0.2, 0.25) is 0 Å². The molecule has 1 aromatic carbocycles. The molecule has 20 heavy (non-hydrogen) atoms. The van der Waals surface area contributed by atoms with Crippen LogP contribution in [0.25, 0.3) is 0 Å². The zero-order chi connectivity index (χ0) is 15.1. The molecule has 3 N–H and O–H groups in total. The Morgan fingerprint density at radius 3 is 2.60 bits per heavy atom. The van der Waals surface area contributed by atoms with Gasteiger partial charge in [-0.15, -0.1) is 0 Å². The molecule has 4 heteroatoms. The van der Waals surface area contributed by atoms with Crippen LogP contribution in [0.1, 0.15) is 45.6 Å². The first-order chi connectivity index (χ1) is 9.38. The number of ether oxygens (including phenoxy) is 1. The van der Waals surface area contributed by atoms with Crippen LogP contribution in [0.15, 0.2) is 18.2 Å². The van der Waals surface area contributed by atoms with Crippen LogP contribution in [0, 0.1) is 6.92 Å². The molecule has 0 spiro atoms. The monoisotopic (exact) mass is 278 g/mol. The predicted octanol–water partition coefficient (Wildman–Crippen LogP) is 3.24. The molecular formula is C16H26N2O2. The van der Waals surface area contributed by atoms with Gasteiger partial charge in [-0.25, -0.2) is 0 Å². The van der Waals surface area contributed by atoms with Gasteiger partial charge in [0.15, 0.2) is 0 Å². The maximum Gasteiger partial charge on any atom is 0.224 e. The highest BCUT2D eigenvalue weighted by Crippen LogP contribution is 2.22. The number of hydrogen-bond acceptors (Lipinski definition) is 3. The van der Waals surface area contributed by atoms with Crippen LogP contribution < -0.4 is 15.8 Å². The number of nitrogens with two attached hydrogens (primary N) is 1. The van der Waals surface area contributed by atoms with Crippen LogP contribution in [-0.2, 0) is 4.79 Å². The molecule has 4 nitrogen and oxygen atoms in total. The summed E-state index contributed by atoms with van der Waals surface area (Å²) in [6.45, 7) is 7.90. The summed E-state index contributed by atoms with van der Waals surface area (Å²) in [7, 11) is 0. The molecule has 0 radical (unpaired) electrons. The van der Waals surface area contributed by atoms with Crippen molar-refractivity contribution in [1.29, 1.82) is 0 Å². The Labute approximate surface area is 121 Å². The molecular weight excluding hydrogens is 252 g/mol. The van der Waals surface area contributed by atoms with E-state index in [4.69, 9.17) is 10.5 Å². The van der Waals surface area contributed by atoms with Crippen LogP contribution in [0.3, 0.4) is 0 Å². The largest absolute Gasteiger partial charge is 0.491 e. The lowest BCUT2D eigenvalue weighted by Crippen LogP contribution is -2.17. The lowest BCUT2D eigenvalue weighted by Gasteiger charge is -2.13. The van der Waals surface area contributed by atoms with E-state index in [1.165, 1.54) is 0 Å². The second-order valence-electron chi connectivity index (χ2n) is 5.56. The van der Waals surface area contributed by atoms with Crippen molar-refractivity contribution in [3.8, 4) is 5.75 Å². The van der Waals surface area contributed by atoms with E-state index in [-0.39, 0.29) is 18.1 Å². The van der Waals surface area contributed by atoms with Crippen molar-refractivity contribution in [3.63, 3.8) is 0 Å². The standard InChI is InChI=1S/C16H26N2O2/c1-11(2)20-14-8-9-15(12(3)10-14)18-16(19)7-5-6-13(4)17/h8-11,13H,5-7,17H2,1-4H3,(H,18,19). The molecule has 112 valence electrons. The molecule has 0 fully saturated rings. The van der Waals surface area contributed by atoms with Crippen LogP contribution in [-0.4, -0.2) is 18.1 Å². The van der Waals surface area contributed by atoms with E-state index in [0.29, 0.717) is 6.42 Å². The maximum atomic E-state index is 11.8. The fraction of sp³-hybridized carbons (Fsp3) is 0.562. The summed E-state index contributed by atoms with van der Waals surface area (Å²) < 4.78 is 5.62. The van der Waals surface area contributed by atoms with E-state index in [1.54, 1.807) is 0 Å². The quantitative estimate of drug-likeness (QED) is 0.804. The van der Waals surface area contributed by atoms with Gasteiger partial charge in [0, 0.05) is 18.2 Å². The molecule has 1 rings (SSSR count). The Morgan fingerprint density at radius 2 is 2.05 bits per heavy atom. The smallest absolute Gasteiger partial charge is 0.224 e.